The third-order valence-corrected chi connectivity index (χ3v) is 3.82. The Morgan fingerprint density at radius 3 is 2.52 bits per heavy atom. The van der Waals surface area contributed by atoms with Crippen molar-refractivity contribution in [2.24, 2.45) is 0 Å². The molecular weight excluding hydrogens is 288 g/mol. The van der Waals surface area contributed by atoms with Gasteiger partial charge < -0.3 is 20.1 Å². The van der Waals surface area contributed by atoms with Crippen LogP contribution in [-0.4, -0.2) is 16.8 Å². The van der Waals surface area contributed by atoms with Crippen LogP contribution in [0.2, 0.25) is 0 Å². The second-order valence-corrected chi connectivity index (χ2v) is 5.19. The minimum Gasteiger partial charge on any atom is -0.508 e. The summed E-state index contributed by atoms with van der Waals surface area (Å²) in [6.45, 7) is 2.82. The van der Waals surface area contributed by atoms with Gasteiger partial charge >= 0.3 is 0 Å². The molecule has 3 aromatic rings. The number of ether oxygens (including phenoxy) is 1. The normalized spacial score (nSPS) is 10.3. The molecule has 3 rings (SSSR count). The highest BCUT2D eigenvalue weighted by molar-refractivity contribution is 5.96. The predicted octanol–water partition coefficient (Wildman–Crippen LogP) is 3.36. The zero-order valence-corrected chi connectivity index (χ0v) is 13.1. The number of fused-ring (bicyclic) bond motifs is 1. The Labute approximate surface area is 135 Å². The second kappa shape index (κ2) is 5.98. The molecule has 4 heteroatoms. The van der Waals surface area contributed by atoms with Crippen molar-refractivity contribution < 1.29 is 9.84 Å². The van der Waals surface area contributed by atoms with Crippen molar-refractivity contribution in [1.29, 1.82) is 0 Å². The molecule has 0 spiro atoms. The summed E-state index contributed by atoms with van der Waals surface area (Å²) in [4.78, 5) is 0. The van der Waals surface area contributed by atoms with E-state index in [9.17, 15) is 5.11 Å². The van der Waals surface area contributed by atoms with Gasteiger partial charge in [0.05, 0.1) is 18.3 Å². The second-order valence-electron chi connectivity index (χ2n) is 5.19. The number of phenolic OH excluding ortho intramolecular Hbond substituents is 1. The van der Waals surface area contributed by atoms with Crippen molar-refractivity contribution >= 4 is 16.6 Å². The summed E-state index contributed by atoms with van der Waals surface area (Å²) in [5, 5.41) is 10.3. The molecule has 0 bridgehead atoms. The van der Waals surface area contributed by atoms with Gasteiger partial charge in [0, 0.05) is 23.6 Å². The van der Waals surface area contributed by atoms with Gasteiger partial charge in [0.2, 0.25) is 0 Å². The van der Waals surface area contributed by atoms with Crippen LogP contribution < -0.4 is 10.5 Å². The van der Waals surface area contributed by atoms with E-state index in [-0.39, 0.29) is 5.75 Å². The Morgan fingerprint density at radius 2 is 1.87 bits per heavy atom. The van der Waals surface area contributed by atoms with E-state index < -0.39 is 0 Å². The number of aromatic hydroxyl groups is 1. The van der Waals surface area contributed by atoms with Gasteiger partial charge in [-0.25, -0.2) is 0 Å². The molecule has 0 amide bonds. The van der Waals surface area contributed by atoms with Gasteiger partial charge in [-0.2, -0.15) is 0 Å². The SMILES string of the molecule is CCn1c(C#Cc2ccc(O)cc2)c(N)c2ccc(OC)cc21. The Morgan fingerprint density at radius 1 is 1.13 bits per heavy atom. The van der Waals surface area contributed by atoms with E-state index in [0.29, 0.717) is 5.69 Å². The van der Waals surface area contributed by atoms with E-state index in [1.165, 1.54) is 0 Å². The number of aromatic nitrogens is 1. The number of hydrogen-bond acceptors (Lipinski definition) is 3. The lowest BCUT2D eigenvalue weighted by Gasteiger charge is -2.04. The van der Waals surface area contributed by atoms with E-state index in [2.05, 4.69) is 23.3 Å². The molecule has 0 saturated carbocycles. The standard InChI is InChI=1S/C19H18N2O2/c1-3-21-17(11-6-13-4-7-14(22)8-5-13)19(20)16-10-9-15(23-2)12-18(16)21/h4-5,7-10,12,22H,3,20H2,1-2H3. The topological polar surface area (TPSA) is 60.4 Å². The maximum atomic E-state index is 9.33. The molecule has 0 saturated heterocycles. The highest BCUT2D eigenvalue weighted by atomic mass is 16.5. The van der Waals surface area contributed by atoms with Crippen molar-refractivity contribution in [2.75, 3.05) is 12.8 Å². The maximum absolute atomic E-state index is 9.33. The van der Waals surface area contributed by atoms with Gasteiger partial charge in [-0.05, 0) is 49.2 Å². The molecular formula is C19H18N2O2. The van der Waals surface area contributed by atoms with Gasteiger partial charge in [0.25, 0.3) is 0 Å². The van der Waals surface area contributed by atoms with E-state index in [0.717, 1.165) is 34.5 Å². The molecule has 1 heterocycles. The molecule has 23 heavy (non-hydrogen) atoms. The van der Waals surface area contributed by atoms with Crippen LogP contribution in [-0.2, 0) is 6.54 Å². The van der Waals surface area contributed by atoms with E-state index in [4.69, 9.17) is 10.5 Å². The summed E-state index contributed by atoms with van der Waals surface area (Å²) in [5.74, 6) is 7.28. The minimum atomic E-state index is 0.227. The number of rotatable bonds is 2. The number of nitrogens with two attached hydrogens (primary N) is 1. The first-order chi connectivity index (χ1) is 11.1. The summed E-state index contributed by atoms with van der Waals surface area (Å²) >= 11 is 0. The van der Waals surface area contributed by atoms with Crippen LogP contribution in [0.5, 0.6) is 11.5 Å². The molecule has 1 aromatic heterocycles. The average Bonchev–Trinajstić information content (AvgIpc) is 2.85. The van der Waals surface area contributed by atoms with Crippen LogP contribution >= 0.6 is 0 Å². The maximum Gasteiger partial charge on any atom is 0.120 e. The van der Waals surface area contributed by atoms with Crippen molar-refractivity contribution in [2.45, 2.75) is 13.5 Å². The summed E-state index contributed by atoms with van der Waals surface area (Å²) < 4.78 is 7.38. The zero-order chi connectivity index (χ0) is 16.4. The fourth-order valence-corrected chi connectivity index (χ4v) is 2.62. The summed E-state index contributed by atoms with van der Waals surface area (Å²) in [6, 6.07) is 12.6. The number of anilines is 1. The smallest absolute Gasteiger partial charge is 0.120 e. The fraction of sp³-hybridized carbons (Fsp3) is 0.158. The van der Waals surface area contributed by atoms with Crippen LogP contribution in [0, 0.1) is 11.8 Å². The molecule has 0 atom stereocenters. The number of methoxy groups -OCH3 is 1. The number of benzene rings is 2. The third kappa shape index (κ3) is 2.69. The number of phenols is 1. The molecule has 0 radical (unpaired) electrons. The zero-order valence-electron chi connectivity index (χ0n) is 13.1. The number of hydrogen-bond donors (Lipinski definition) is 2. The first kappa shape index (κ1) is 14.9. The van der Waals surface area contributed by atoms with Gasteiger partial charge in [-0.15, -0.1) is 0 Å². The van der Waals surface area contributed by atoms with Crippen LogP contribution in [0.4, 0.5) is 5.69 Å². The first-order valence-electron chi connectivity index (χ1n) is 7.40. The Hall–Kier alpha value is -3.06. The number of nitrogens with zero attached hydrogens (tertiary/aromatic N) is 1. The highest BCUT2D eigenvalue weighted by Gasteiger charge is 2.13. The van der Waals surface area contributed by atoms with E-state index >= 15 is 0 Å². The molecule has 116 valence electrons. The summed E-state index contributed by atoms with van der Waals surface area (Å²) in [6.07, 6.45) is 0. The van der Waals surface area contributed by atoms with Crippen LogP contribution in [0.25, 0.3) is 10.9 Å². The minimum absolute atomic E-state index is 0.227. The lowest BCUT2D eigenvalue weighted by atomic mass is 10.2. The lowest BCUT2D eigenvalue weighted by molar-refractivity contribution is 0.415. The van der Waals surface area contributed by atoms with Gasteiger partial charge in [-0.1, -0.05) is 5.92 Å². The fourth-order valence-electron chi connectivity index (χ4n) is 2.62. The average molecular weight is 306 g/mol. The molecule has 3 N–H and O–H groups in total. The van der Waals surface area contributed by atoms with Crippen molar-refractivity contribution in [1.82, 2.24) is 4.57 Å². The van der Waals surface area contributed by atoms with Crippen molar-refractivity contribution in [3.8, 4) is 23.3 Å². The molecule has 0 aliphatic carbocycles. The van der Waals surface area contributed by atoms with Crippen molar-refractivity contribution in [3.05, 3.63) is 53.7 Å². The lowest BCUT2D eigenvalue weighted by Crippen LogP contribution is -1.99. The summed E-state index contributed by atoms with van der Waals surface area (Å²) in [5.41, 5.74) is 9.60. The first-order valence-corrected chi connectivity index (χ1v) is 7.40. The summed E-state index contributed by atoms with van der Waals surface area (Å²) in [7, 11) is 1.65. The highest BCUT2D eigenvalue weighted by Crippen LogP contribution is 2.31. The molecule has 0 fully saturated rings. The molecule has 2 aromatic carbocycles. The van der Waals surface area contributed by atoms with Crippen molar-refractivity contribution in [3.63, 3.8) is 0 Å². The van der Waals surface area contributed by atoms with Gasteiger partial charge in [-0.3, -0.25) is 0 Å². The van der Waals surface area contributed by atoms with Crippen LogP contribution in [0.15, 0.2) is 42.5 Å². The predicted molar refractivity (Wildman–Crippen MR) is 92.7 cm³/mol. The molecule has 0 aliphatic heterocycles. The van der Waals surface area contributed by atoms with Gasteiger partial charge in [0.15, 0.2) is 0 Å². The Kier molecular flexibility index (Phi) is 3.86. The monoisotopic (exact) mass is 306 g/mol. The van der Waals surface area contributed by atoms with E-state index in [1.807, 2.05) is 18.2 Å². The molecule has 0 aliphatic rings. The molecule has 0 unspecified atom stereocenters. The van der Waals surface area contributed by atoms with Gasteiger partial charge in [0.1, 0.15) is 17.2 Å². The number of nitrogen functional groups attached to an aromatic ring is 1. The Bertz CT molecular complexity index is 912. The largest absolute Gasteiger partial charge is 0.508 e. The van der Waals surface area contributed by atoms with E-state index in [1.54, 1.807) is 31.4 Å². The number of aryl methyl sites for hydroxylation is 1. The molecule has 4 nitrogen and oxygen atoms in total. The third-order valence-electron chi connectivity index (χ3n) is 3.82. The van der Waals surface area contributed by atoms with Crippen LogP contribution in [0.1, 0.15) is 18.2 Å². The van der Waals surface area contributed by atoms with Crippen LogP contribution in [0.3, 0.4) is 0 Å². The Balaban J connectivity index is 2.14. The quantitative estimate of drug-likeness (QED) is 0.714.